The molecule has 0 atom stereocenters. The monoisotopic (exact) mass is 468 g/mol. The number of carbonyl (C=O) groups excluding carboxylic acids is 1. The number of amides is 1. The second-order valence-corrected chi connectivity index (χ2v) is 7.79. The van der Waals surface area contributed by atoms with Crippen LogP contribution in [0, 0.1) is 5.82 Å². The molecule has 7 heteroatoms. The van der Waals surface area contributed by atoms with Gasteiger partial charge in [0.1, 0.15) is 17.3 Å². The molecule has 0 spiro atoms. The van der Waals surface area contributed by atoms with Crippen LogP contribution in [0.2, 0.25) is 0 Å². The van der Waals surface area contributed by atoms with Crippen LogP contribution < -0.4 is 19.5 Å². The molecular weight excluding hydrogens is 447 g/mol. The number of hydrogen-bond donors (Lipinski definition) is 1. The zero-order chi connectivity index (χ0) is 24.4. The summed E-state index contributed by atoms with van der Waals surface area (Å²) < 4.78 is 30.2. The third kappa shape index (κ3) is 4.44. The van der Waals surface area contributed by atoms with E-state index in [2.05, 4.69) is 10.3 Å². The number of nitrogens with one attached hydrogen (secondary N) is 1. The minimum Gasteiger partial charge on any atom is -0.493 e. The third-order valence-corrected chi connectivity index (χ3v) is 5.64. The Balaban J connectivity index is 1.45. The number of aromatic nitrogens is 1. The largest absolute Gasteiger partial charge is 0.493 e. The molecule has 174 valence electrons. The van der Waals surface area contributed by atoms with Gasteiger partial charge in [0.25, 0.3) is 5.91 Å². The number of hydrogen-bond acceptors (Lipinski definition) is 5. The van der Waals surface area contributed by atoms with Gasteiger partial charge >= 0.3 is 0 Å². The molecule has 6 nitrogen and oxygen atoms in total. The Bertz CT molecular complexity index is 1550. The highest BCUT2D eigenvalue weighted by Crippen LogP contribution is 2.37. The highest BCUT2D eigenvalue weighted by Gasteiger charge is 2.13. The summed E-state index contributed by atoms with van der Waals surface area (Å²) in [6, 6.07) is 22.1. The van der Waals surface area contributed by atoms with Crippen LogP contribution in [0.25, 0.3) is 21.7 Å². The van der Waals surface area contributed by atoms with Gasteiger partial charge in [0.05, 0.1) is 19.7 Å². The van der Waals surface area contributed by atoms with Crippen LogP contribution in [0.4, 0.5) is 10.1 Å². The Morgan fingerprint density at radius 3 is 2.37 bits per heavy atom. The summed E-state index contributed by atoms with van der Waals surface area (Å²) in [5.41, 5.74) is 1.74. The van der Waals surface area contributed by atoms with E-state index in [1.54, 1.807) is 32.5 Å². The van der Waals surface area contributed by atoms with Crippen LogP contribution in [0.3, 0.4) is 0 Å². The molecule has 1 amide bonds. The Morgan fingerprint density at radius 2 is 1.60 bits per heavy atom. The van der Waals surface area contributed by atoms with E-state index in [-0.39, 0.29) is 5.91 Å². The van der Waals surface area contributed by atoms with Crippen molar-refractivity contribution >= 4 is 33.3 Å². The Labute approximate surface area is 200 Å². The number of benzene rings is 4. The number of ether oxygens (including phenoxy) is 3. The fourth-order valence-electron chi connectivity index (χ4n) is 3.89. The molecule has 0 aliphatic heterocycles. The van der Waals surface area contributed by atoms with E-state index in [1.807, 2.05) is 42.5 Å². The molecule has 0 aliphatic rings. The summed E-state index contributed by atoms with van der Waals surface area (Å²) >= 11 is 0. The first-order valence-electron chi connectivity index (χ1n) is 10.8. The van der Waals surface area contributed by atoms with Gasteiger partial charge < -0.3 is 19.5 Å². The lowest BCUT2D eigenvalue weighted by atomic mass is 10.1. The van der Waals surface area contributed by atoms with Crippen molar-refractivity contribution in [3.8, 4) is 23.0 Å². The maximum absolute atomic E-state index is 13.2. The predicted molar refractivity (Wildman–Crippen MR) is 133 cm³/mol. The normalized spacial score (nSPS) is 10.8. The molecule has 0 bridgehead atoms. The smallest absolute Gasteiger partial charge is 0.255 e. The first kappa shape index (κ1) is 22.2. The number of anilines is 1. The zero-order valence-corrected chi connectivity index (χ0v) is 19.0. The van der Waals surface area contributed by atoms with Gasteiger partial charge in [0.2, 0.25) is 0 Å². The van der Waals surface area contributed by atoms with Gasteiger partial charge in [-0.05, 0) is 66.0 Å². The van der Waals surface area contributed by atoms with Crippen molar-refractivity contribution in [3.63, 3.8) is 0 Å². The predicted octanol–water partition coefficient (Wildman–Crippen LogP) is 6.59. The van der Waals surface area contributed by atoms with Crippen LogP contribution >= 0.6 is 0 Å². The van der Waals surface area contributed by atoms with E-state index in [0.717, 1.165) is 16.2 Å². The van der Waals surface area contributed by atoms with Gasteiger partial charge in [-0.1, -0.05) is 12.1 Å². The number of methoxy groups -OCH3 is 2. The molecule has 1 N–H and O–H groups in total. The molecule has 4 aromatic carbocycles. The fourth-order valence-corrected chi connectivity index (χ4v) is 3.89. The van der Waals surface area contributed by atoms with Crippen molar-refractivity contribution in [1.29, 1.82) is 0 Å². The molecule has 5 rings (SSSR count). The molecule has 0 saturated heterocycles. The molecule has 0 radical (unpaired) electrons. The van der Waals surface area contributed by atoms with Crippen molar-refractivity contribution in [2.75, 3.05) is 19.5 Å². The van der Waals surface area contributed by atoms with Gasteiger partial charge in [-0.15, -0.1) is 0 Å². The van der Waals surface area contributed by atoms with E-state index in [9.17, 15) is 9.18 Å². The quantitative estimate of drug-likeness (QED) is 0.304. The molecule has 5 aromatic rings. The zero-order valence-electron chi connectivity index (χ0n) is 19.0. The summed E-state index contributed by atoms with van der Waals surface area (Å²) in [7, 11) is 3.16. The number of rotatable bonds is 6. The SMILES string of the molecule is COc1cc2nccc(Oc3ccc4c(NC(=O)c5ccc(F)cc5)cccc4c3)c2cc1OC. The minimum atomic E-state index is -0.390. The number of pyridine rings is 1. The average Bonchev–Trinajstić information content (AvgIpc) is 2.88. The Kier molecular flexibility index (Phi) is 5.89. The lowest BCUT2D eigenvalue weighted by Gasteiger charge is -2.13. The summed E-state index contributed by atoms with van der Waals surface area (Å²) in [5, 5.41) is 5.42. The molecular formula is C28H21FN2O4. The van der Waals surface area contributed by atoms with Crippen molar-refractivity contribution in [3.05, 3.63) is 96.4 Å². The minimum absolute atomic E-state index is 0.314. The highest BCUT2D eigenvalue weighted by atomic mass is 19.1. The second-order valence-electron chi connectivity index (χ2n) is 7.79. The van der Waals surface area contributed by atoms with Crippen LogP contribution in [-0.4, -0.2) is 25.1 Å². The van der Waals surface area contributed by atoms with Crippen LogP contribution in [-0.2, 0) is 0 Å². The third-order valence-electron chi connectivity index (χ3n) is 5.64. The standard InChI is InChI=1S/C28H21FN2O4/c1-33-26-15-22-24(16-27(26)34-2)30-13-12-25(22)35-20-10-11-21-18(14-20)4-3-5-23(21)31-28(32)17-6-8-19(29)9-7-17/h3-16H,1-2H3,(H,31,32). The topological polar surface area (TPSA) is 69.7 Å². The molecule has 1 heterocycles. The number of carbonyl (C=O) groups is 1. The average molecular weight is 468 g/mol. The Morgan fingerprint density at radius 1 is 0.829 bits per heavy atom. The van der Waals surface area contributed by atoms with Crippen LogP contribution in [0.1, 0.15) is 10.4 Å². The molecule has 0 saturated carbocycles. The summed E-state index contributed by atoms with van der Waals surface area (Å²) in [5.74, 6) is 1.71. The summed E-state index contributed by atoms with van der Waals surface area (Å²) in [4.78, 5) is 17.0. The molecule has 1 aromatic heterocycles. The lowest BCUT2D eigenvalue weighted by Crippen LogP contribution is -2.12. The van der Waals surface area contributed by atoms with E-state index < -0.39 is 5.82 Å². The molecule has 0 aliphatic carbocycles. The lowest BCUT2D eigenvalue weighted by molar-refractivity contribution is 0.102. The fraction of sp³-hybridized carbons (Fsp3) is 0.0714. The maximum atomic E-state index is 13.2. The summed E-state index contributed by atoms with van der Waals surface area (Å²) in [6.45, 7) is 0. The van der Waals surface area contributed by atoms with Gasteiger partial charge in [0, 0.05) is 34.3 Å². The number of nitrogens with zero attached hydrogens (tertiary/aromatic N) is 1. The van der Waals surface area contributed by atoms with E-state index in [0.29, 0.717) is 39.8 Å². The van der Waals surface area contributed by atoms with Gasteiger partial charge in [0.15, 0.2) is 11.5 Å². The first-order chi connectivity index (χ1) is 17.1. The maximum Gasteiger partial charge on any atom is 0.255 e. The van der Waals surface area contributed by atoms with Gasteiger partial charge in [-0.3, -0.25) is 9.78 Å². The molecule has 0 unspecified atom stereocenters. The van der Waals surface area contributed by atoms with Gasteiger partial charge in [-0.25, -0.2) is 4.39 Å². The summed E-state index contributed by atoms with van der Waals surface area (Å²) in [6.07, 6.45) is 1.67. The van der Waals surface area contributed by atoms with Crippen LogP contribution in [0.15, 0.2) is 85.1 Å². The van der Waals surface area contributed by atoms with E-state index in [1.165, 1.54) is 24.3 Å². The Hall–Kier alpha value is -4.65. The number of halogens is 1. The second kappa shape index (κ2) is 9.30. The van der Waals surface area contributed by atoms with Gasteiger partial charge in [-0.2, -0.15) is 0 Å². The van der Waals surface area contributed by atoms with Crippen molar-refractivity contribution in [1.82, 2.24) is 4.98 Å². The molecule has 0 fully saturated rings. The highest BCUT2D eigenvalue weighted by molar-refractivity contribution is 6.09. The number of fused-ring (bicyclic) bond motifs is 2. The van der Waals surface area contributed by atoms with E-state index in [4.69, 9.17) is 14.2 Å². The van der Waals surface area contributed by atoms with Crippen molar-refractivity contribution < 1.29 is 23.4 Å². The van der Waals surface area contributed by atoms with Crippen LogP contribution in [0.5, 0.6) is 23.0 Å². The van der Waals surface area contributed by atoms with Crippen molar-refractivity contribution in [2.24, 2.45) is 0 Å². The first-order valence-corrected chi connectivity index (χ1v) is 10.8. The van der Waals surface area contributed by atoms with Crippen molar-refractivity contribution in [2.45, 2.75) is 0 Å². The van der Waals surface area contributed by atoms with E-state index >= 15 is 0 Å². The molecule has 35 heavy (non-hydrogen) atoms.